The quantitative estimate of drug-likeness (QED) is 0.913. The maximum absolute atomic E-state index is 12.6. The molecule has 1 aliphatic rings. The van der Waals surface area contributed by atoms with Crippen LogP contribution < -0.4 is 0 Å². The zero-order chi connectivity index (χ0) is 15.7. The van der Waals surface area contributed by atoms with E-state index in [9.17, 15) is 9.59 Å². The molecule has 1 fully saturated rings. The molecule has 21 heavy (non-hydrogen) atoms. The minimum atomic E-state index is -0.827. The standard InChI is InChI=1S/C15H22N2O4/c1-9-11(3)21-12(4)13(9)14(18)17-7-5-16(6-8-17)10(2)15(19)20/h10H,5-8H2,1-4H3,(H,19,20). The number of amides is 1. The number of furan rings is 1. The normalized spacial score (nSPS) is 17.8. The molecule has 6 heteroatoms. The number of piperazine rings is 1. The summed E-state index contributed by atoms with van der Waals surface area (Å²) in [5.74, 6) is 0.571. The van der Waals surface area contributed by atoms with Crippen LogP contribution in [0.1, 0.15) is 34.4 Å². The molecular formula is C15H22N2O4. The van der Waals surface area contributed by atoms with E-state index in [1.165, 1.54) is 0 Å². The number of hydrogen-bond donors (Lipinski definition) is 1. The number of carboxylic acid groups (broad SMARTS) is 1. The van der Waals surface area contributed by atoms with Crippen LogP contribution in [-0.4, -0.2) is 59.0 Å². The number of nitrogens with zero attached hydrogens (tertiary/aromatic N) is 2. The average Bonchev–Trinajstić information content (AvgIpc) is 2.70. The molecule has 0 bridgehead atoms. The van der Waals surface area contributed by atoms with Gasteiger partial charge < -0.3 is 14.4 Å². The number of aryl methyl sites for hydroxylation is 2. The van der Waals surface area contributed by atoms with Gasteiger partial charge in [-0.15, -0.1) is 0 Å². The Bertz CT molecular complexity index is 556. The van der Waals surface area contributed by atoms with Crippen LogP contribution in [0.25, 0.3) is 0 Å². The van der Waals surface area contributed by atoms with Crippen molar-refractivity contribution >= 4 is 11.9 Å². The molecule has 2 rings (SSSR count). The minimum absolute atomic E-state index is 0.0236. The molecule has 1 aromatic heterocycles. The van der Waals surface area contributed by atoms with Crippen molar-refractivity contribution in [2.45, 2.75) is 33.7 Å². The third-order valence-corrected chi connectivity index (χ3v) is 4.28. The van der Waals surface area contributed by atoms with E-state index in [-0.39, 0.29) is 5.91 Å². The summed E-state index contributed by atoms with van der Waals surface area (Å²) in [6.07, 6.45) is 0. The Balaban J connectivity index is 2.05. The van der Waals surface area contributed by atoms with Crippen molar-refractivity contribution in [1.29, 1.82) is 0 Å². The first-order valence-electron chi connectivity index (χ1n) is 7.15. The second-order valence-corrected chi connectivity index (χ2v) is 5.56. The summed E-state index contributed by atoms with van der Waals surface area (Å²) in [6.45, 7) is 9.46. The van der Waals surface area contributed by atoms with Crippen molar-refractivity contribution in [2.24, 2.45) is 0 Å². The molecule has 1 N–H and O–H groups in total. The van der Waals surface area contributed by atoms with Gasteiger partial charge in [0.2, 0.25) is 0 Å². The lowest BCUT2D eigenvalue weighted by atomic mass is 10.1. The summed E-state index contributed by atoms with van der Waals surface area (Å²) in [5.41, 5.74) is 1.53. The van der Waals surface area contributed by atoms with Gasteiger partial charge in [-0.2, -0.15) is 0 Å². The Morgan fingerprint density at radius 1 is 1.10 bits per heavy atom. The van der Waals surface area contributed by atoms with Crippen molar-refractivity contribution in [3.63, 3.8) is 0 Å². The summed E-state index contributed by atoms with van der Waals surface area (Å²) < 4.78 is 5.51. The number of aliphatic carboxylic acids is 1. The number of carbonyl (C=O) groups is 2. The fraction of sp³-hybridized carbons (Fsp3) is 0.600. The Hall–Kier alpha value is -1.82. The predicted molar refractivity (Wildman–Crippen MR) is 77.5 cm³/mol. The van der Waals surface area contributed by atoms with Gasteiger partial charge in [0.25, 0.3) is 5.91 Å². The van der Waals surface area contributed by atoms with Gasteiger partial charge in [0.1, 0.15) is 17.6 Å². The second kappa shape index (κ2) is 5.89. The lowest BCUT2D eigenvalue weighted by Gasteiger charge is -2.36. The number of hydrogen-bond acceptors (Lipinski definition) is 4. The molecule has 0 saturated carbocycles. The van der Waals surface area contributed by atoms with E-state index in [1.54, 1.807) is 18.7 Å². The fourth-order valence-electron chi connectivity index (χ4n) is 2.73. The number of carbonyl (C=O) groups excluding carboxylic acids is 1. The van der Waals surface area contributed by atoms with E-state index in [4.69, 9.17) is 9.52 Å². The van der Waals surface area contributed by atoms with Gasteiger partial charge in [0.05, 0.1) is 5.56 Å². The molecule has 0 radical (unpaired) electrons. The van der Waals surface area contributed by atoms with Gasteiger partial charge in [-0.05, 0) is 27.7 Å². The highest BCUT2D eigenvalue weighted by atomic mass is 16.4. The number of rotatable bonds is 3. The molecule has 1 saturated heterocycles. The van der Waals surface area contributed by atoms with Crippen LogP contribution in [0, 0.1) is 20.8 Å². The van der Waals surface area contributed by atoms with E-state index in [2.05, 4.69) is 0 Å². The molecule has 1 atom stereocenters. The maximum Gasteiger partial charge on any atom is 0.320 e. The molecule has 1 aliphatic heterocycles. The third-order valence-electron chi connectivity index (χ3n) is 4.28. The molecule has 6 nitrogen and oxygen atoms in total. The van der Waals surface area contributed by atoms with Gasteiger partial charge in [0.15, 0.2) is 0 Å². The molecule has 0 spiro atoms. The molecule has 1 aromatic rings. The predicted octanol–water partition coefficient (Wildman–Crippen LogP) is 1.44. The summed E-state index contributed by atoms with van der Waals surface area (Å²) in [6, 6.07) is -0.512. The van der Waals surface area contributed by atoms with Crippen molar-refractivity contribution < 1.29 is 19.1 Å². The lowest BCUT2D eigenvalue weighted by Crippen LogP contribution is -2.53. The zero-order valence-corrected chi connectivity index (χ0v) is 13.0. The van der Waals surface area contributed by atoms with Crippen LogP contribution in [0.3, 0.4) is 0 Å². The van der Waals surface area contributed by atoms with Crippen molar-refractivity contribution in [1.82, 2.24) is 9.80 Å². The van der Waals surface area contributed by atoms with Crippen molar-refractivity contribution in [3.8, 4) is 0 Å². The Morgan fingerprint density at radius 3 is 2.10 bits per heavy atom. The van der Waals surface area contributed by atoms with Gasteiger partial charge in [-0.1, -0.05) is 0 Å². The topological polar surface area (TPSA) is 74.0 Å². The third kappa shape index (κ3) is 2.95. The maximum atomic E-state index is 12.6. The van der Waals surface area contributed by atoms with Gasteiger partial charge in [-0.25, -0.2) is 0 Å². The molecule has 116 valence electrons. The SMILES string of the molecule is Cc1oc(C)c(C(=O)N2CCN(C(C)C(=O)O)CC2)c1C. The molecule has 0 aliphatic carbocycles. The summed E-state index contributed by atoms with van der Waals surface area (Å²) in [7, 11) is 0. The highest BCUT2D eigenvalue weighted by Gasteiger charge is 2.29. The monoisotopic (exact) mass is 294 g/mol. The van der Waals surface area contributed by atoms with Crippen LogP contribution in [0.4, 0.5) is 0 Å². The zero-order valence-electron chi connectivity index (χ0n) is 13.0. The van der Waals surface area contributed by atoms with E-state index < -0.39 is 12.0 Å². The van der Waals surface area contributed by atoms with Crippen LogP contribution in [0.2, 0.25) is 0 Å². The van der Waals surface area contributed by atoms with E-state index in [1.807, 2.05) is 18.7 Å². The van der Waals surface area contributed by atoms with Gasteiger partial charge in [0, 0.05) is 31.7 Å². The van der Waals surface area contributed by atoms with E-state index in [0.29, 0.717) is 37.5 Å². The molecule has 1 unspecified atom stereocenters. The van der Waals surface area contributed by atoms with Crippen molar-refractivity contribution in [2.75, 3.05) is 26.2 Å². The first kappa shape index (κ1) is 15.6. The minimum Gasteiger partial charge on any atom is -0.480 e. The highest BCUT2D eigenvalue weighted by molar-refractivity contribution is 5.97. The fourth-order valence-corrected chi connectivity index (χ4v) is 2.73. The molecular weight excluding hydrogens is 272 g/mol. The summed E-state index contributed by atoms with van der Waals surface area (Å²) in [5, 5.41) is 9.03. The van der Waals surface area contributed by atoms with E-state index in [0.717, 1.165) is 11.3 Å². The van der Waals surface area contributed by atoms with Crippen LogP contribution in [0.5, 0.6) is 0 Å². The Morgan fingerprint density at radius 2 is 1.67 bits per heavy atom. The lowest BCUT2D eigenvalue weighted by molar-refractivity contribution is -0.143. The molecule has 1 amide bonds. The first-order valence-corrected chi connectivity index (χ1v) is 7.15. The van der Waals surface area contributed by atoms with Crippen LogP contribution >= 0.6 is 0 Å². The summed E-state index contributed by atoms with van der Waals surface area (Å²) >= 11 is 0. The van der Waals surface area contributed by atoms with Gasteiger partial charge >= 0.3 is 5.97 Å². The average molecular weight is 294 g/mol. The van der Waals surface area contributed by atoms with Crippen LogP contribution in [0.15, 0.2) is 4.42 Å². The number of carboxylic acids is 1. The first-order chi connectivity index (χ1) is 9.82. The largest absolute Gasteiger partial charge is 0.480 e. The smallest absolute Gasteiger partial charge is 0.320 e. The summed E-state index contributed by atoms with van der Waals surface area (Å²) in [4.78, 5) is 27.2. The highest BCUT2D eigenvalue weighted by Crippen LogP contribution is 2.23. The molecule has 0 aromatic carbocycles. The van der Waals surface area contributed by atoms with Crippen molar-refractivity contribution in [3.05, 3.63) is 22.6 Å². The molecule has 2 heterocycles. The second-order valence-electron chi connectivity index (χ2n) is 5.56. The Labute approximate surface area is 124 Å². The Kier molecular flexibility index (Phi) is 4.37. The van der Waals surface area contributed by atoms with Crippen LogP contribution in [-0.2, 0) is 4.79 Å². The van der Waals surface area contributed by atoms with E-state index >= 15 is 0 Å². The van der Waals surface area contributed by atoms with Gasteiger partial charge in [-0.3, -0.25) is 14.5 Å².